The molecule has 0 unspecified atom stereocenters. The largest absolute Gasteiger partial charge is 0.493 e. The van der Waals surface area contributed by atoms with Crippen LogP contribution >= 0.6 is 0 Å². The van der Waals surface area contributed by atoms with Crippen LogP contribution in [0, 0.1) is 13.8 Å². The molecule has 0 spiro atoms. The van der Waals surface area contributed by atoms with Crippen LogP contribution in [0.1, 0.15) is 29.5 Å². The molecule has 2 rings (SSSR count). The number of rotatable bonds is 4. The second-order valence-corrected chi connectivity index (χ2v) is 5.07. The molecular weight excluding hydrogens is 214 g/mol. The number of hydrogen-bond acceptors (Lipinski definition) is 3. The Labute approximate surface area is 103 Å². The maximum atomic E-state index is 6.22. The van der Waals surface area contributed by atoms with E-state index in [-0.39, 0.29) is 5.54 Å². The van der Waals surface area contributed by atoms with Gasteiger partial charge in [-0.15, -0.1) is 0 Å². The number of benzene rings is 1. The molecule has 17 heavy (non-hydrogen) atoms. The minimum absolute atomic E-state index is 0.0170. The molecule has 0 bridgehead atoms. The Morgan fingerprint density at radius 2 is 1.88 bits per heavy atom. The fraction of sp³-hybridized carbons (Fsp3) is 0.571. The van der Waals surface area contributed by atoms with Crippen LogP contribution in [0.2, 0.25) is 0 Å². The third kappa shape index (κ3) is 2.25. The Hall–Kier alpha value is -1.22. The standard InChI is InChI=1S/C14H21NO2/c1-9-7-12(16-3)13(17-4)11(10(9)2)8-14(15)5-6-14/h7H,5-6,8,15H2,1-4H3. The molecule has 1 aliphatic carbocycles. The normalized spacial score (nSPS) is 16.8. The third-order valence-corrected chi connectivity index (χ3v) is 3.73. The van der Waals surface area contributed by atoms with Crippen molar-refractivity contribution in [3.8, 4) is 11.5 Å². The molecule has 0 radical (unpaired) electrons. The van der Waals surface area contributed by atoms with Crippen molar-refractivity contribution in [1.29, 1.82) is 0 Å². The molecule has 0 aromatic heterocycles. The molecule has 1 saturated carbocycles. The van der Waals surface area contributed by atoms with Gasteiger partial charge in [0.15, 0.2) is 11.5 Å². The van der Waals surface area contributed by atoms with Gasteiger partial charge in [0, 0.05) is 11.1 Å². The summed E-state index contributed by atoms with van der Waals surface area (Å²) in [6, 6.07) is 2.02. The van der Waals surface area contributed by atoms with E-state index < -0.39 is 0 Å². The van der Waals surface area contributed by atoms with E-state index >= 15 is 0 Å². The Bertz CT molecular complexity index is 436. The molecule has 0 heterocycles. The van der Waals surface area contributed by atoms with E-state index in [0.29, 0.717) is 0 Å². The Kier molecular flexibility index (Phi) is 3.04. The number of hydrogen-bond donors (Lipinski definition) is 1. The summed E-state index contributed by atoms with van der Waals surface area (Å²) in [7, 11) is 3.36. The van der Waals surface area contributed by atoms with Gasteiger partial charge in [-0.25, -0.2) is 0 Å². The van der Waals surface area contributed by atoms with Gasteiger partial charge in [0.1, 0.15) is 0 Å². The van der Waals surface area contributed by atoms with Gasteiger partial charge in [-0.05, 0) is 50.3 Å². The van der Waals surface area contributed by atoms with Gasteiger partial charge < -0.3 is 15.2 Å². The number of aryl methyl sites for hydroxylation is 1. The lowest BCUT2D eigenvalue weighted by Gasteiger charge is -2.19. The average molecular weight is 235 g/mol. The number of ether oxygens (including phenoxy) is 2. The SMILES string of the molecule is COc1cc(C)c(C)c(CC2(N)CC2)c1OC. The molecule has 94 valence electrons. The zero-order chi connectivity index (χ0) is 12.6. The van der Waals surface area contributed by atoms with E-state index in [2.05, 4.69) is 13.8 Å². The monoisotopic (exact) mass is 235 g/mol. The summed E-state index contributed by atoms with van der Waals surface area (Å²) in [6.07, 6.45) is 3.08. The van der Waals surface area contributed by atoms with Crippen molar-refractivity contribution in [2.45, 2.75) is 38.6 Å². The molecule has 0 saturated heterocycles. The molecule has 1 aromatic carbocycles. The topological polar surface area (TPSA) is 44.5 Å². The summed E-state index contributed by atoms with van der Waals surface area (Å²) >= 11 is 0. The highest BCUT2D eigenvalue weighted by molar-refractivity contribution is 5.54. The van der Waals surface area contributed by atoms with E-state index in [1.807, 2.05) is 6.07 Å². The Morgan fingerprint density at radius 3 is 2.35 bits per heavy atom. The van der Waals surface area contributed by atoms with Crippen molar-refractivity contribution in [3.63, 3.8) is 0 Å². The van der Waals surface area contributed by atoms with Crippen molar-refractivity contribution in [1.82, 2.24) is 0 Å². The minimum Gasteiger partial charge on any atom is -0.493 e. The zero-order valence-corrected chi connectivity index (χ0v) is 11.1. The summed E-state index contributed by atoms with van der Waals surface area (Å²) in [5.41, 5.74) is 9.89. The third-order valence-electron chi connectivity index (χ3n) is 3.73. The maximum absolute atomic E-state index is 6.22. The van der Waals surface area contributed by atoms with Crippen LogP contribution in [-0.4, -0.2) is 19.8 Å². The first-order chi connectivity index (χ1) is 8.00. The number of nitrogens with two attached hydrogens (primary N) is 1. The van der Waals surface area contributed by atoms with Gasteiger partial charge in [-0.3, -0.25) is 0 Å². The molecule has 1 fully saturated rings. The van der Waals surface area contributed by atoms with Crippen molar-refractivity contribution in [3.05, 3.63) is 22.8 Å². The highest BCUT2D eigenvalue weighted by atomic mass is 16.5. The van der Waals surface area contributed by atoms with Crippen LogP contribution < -0.4 is 15.2 Å². The van der Waals surface area contributed by atoms with Crippen LogP contribution in [-0.2, 0) is 6.42 Å². The number of methoxy groups -OCH3 is 2. The van der Waals surface area contributed by atoms with Crippen LogP contribution in [0.15, 0.2) is 6.07 Å². The second-order valence-electron chi connectivity index (χ2n) is 5.07. The van der Waals surface area contributed by atoms with Gasteiger partial charge in [-0.2, -0.15) is 0 Å². The lowest BCUT2D eigenvalue weighted by atomic mass is 9.95. The predicted octanol–water partition coefficient (Wildman–Crippen LogP) is 2.35. The van der Waals surface area contributed by atoms with Gasteiger partial charge in [0.25, 0.3) is 0 Å². The fourth-order valence-electron chi connectivity index (χ4n) is 2.21. The maximum Gasteiger partial charge on any atom is 0.164 e. The summed E-state index contributed by atoms with van der Waals surface area (Å²) in [5, 5.41) is 0. The van der Waals surface area contributed by atoms with Gasteiger partial charge in [-0.1, -0.05) is 0 Å². The van der Waals surface area contributed by atoms with Crippen LogP contribution in [0.4, 0.5) is 0 Å². The van der Waals surface area contributed by atoms with Gasteiger partial charge in [0.2, 0.25) is 0 Å². The fourth-order valence-corrected chi connectivity index (χ4v) is 2.21. The summed E-state index contributed by atoms with van der Waals surface area (Å²) < 4.78 is 10.9. The smallest absolute Gasteiger partial charge is 0.164 e. The average Bonchev–Trinajstić information content (AvgIpc) is 3.02. The molecule has 1 aliphatic rings. The van der Waals surface area contributed by atoms with Crippen LogP contribution in [0.5, 0.6) is 11.5 Å². The summed E-state index contributed by atoms with van der Waals surface area (Å²) in [4.78, 5) is 0. The first-order valence-electron chi connectivity index (χ1n) is 6.00. The predicted molar refractivity (Wildman–Crippen MR) is 68.9 cm³/mol. The Morgan fingerprint density at radius 1 is 1.24 bits per heavy atom. The molecule has 0 atom stereocenters. The molecule has 1 aromatic rings. The van der Waals surface area contributed by atoms with E-state index in [9.17, 15) is 0 Å². The summed E-state index contributed by atoms with van der Waals surface area (Å²) in [5.74, 6) is 1.64. The van der Waals surface area contributed by atoms with E-state index in [1.165, 1.54) is 16.7 Å². The lowest BCUT2D eigenvalue weighted by molar-refractivity contribution is 0.350. The minimum atomic E-state index is -0.0170. The quantitative estimate of drug-likeness (QED) is 0.871. The van der Waals surface area contributed by atoms with Crippen LogP contribution in [0.3, 0.4) is 0 Å². The van der Waals surface area contributed by atoms with E-state index in [0.717, 1.165) is 30.8 Å². The van der Waals surface area contributed by atoms with Crippen molar-refractivity contribution in [2.75, 3.05) is 14.2 Å². The van der Waals surface area contributed by atoms with Crippen LogP contribution in [0.25, 0.3) is 0 Å². The molecular formula is C14H21NO2. The zero-order valence-electron chi connectivity index (χ0n) is 11.1. The second kappa shape index (κ2) is 4.22. The molecule has 3 nitrogen and oxygen atoms in total. The van der Waals surface area contributed by atoms with Crippen molar-refractivity contribution < 1.29 is 9.47 Å². The molecule has 3 heteroatoms. The van der Waals surface area contributed by atoms with Gasteiger partial charge in [0.05, 0.1) is 14.2 Å². The lowest BCUT2D eigenvalue weighted by Crippen LogP contribution is -2.25. The Balaban J connectivity index is 2.48. The molecule has 2 N–H and O–H groups in total. The van der Waals surface area contributed by atoms with Gasteiger partial charge >= 0.3 is 0 Å². The summed E-state index contributed by atoms with van der Waals surface area (Å²) in [6.45, 7) is 4.22. The molecule has 0 aliphatic heterocycles. The van der Waals surface area contributed by atoms with Crippen molar-refractivity contribution >= 4 is 0 Å². The first-order valence-corrected chi connectivity index (χ1v) is 6.00. The van der Waals surface area contributed by atoms with Crippen molar-refractivity contribution in [2.24, 2.45) is 5.73 Å². The van der Waals surface area contributed by atoms with E-state index in [1.54, 1.807) is 14.2 Å². The highest BCUT2D eigenvalue weighted by Crippen LogP contribution is 2.42. The first kappa shape index (κ1) is 12.2. The molecule has 0 amide bonds. The highest BCUT2D eigenvalue weighted by Gasteiger charge is 2.39. The van der Waals surface area contributed by atoms with E-state index in [4.69, 9.17) is 15.2 Å².